The van der Waals surface area contributed by atoms with Crippen molar-refractivity contribution in [1.82, 2.24) is 0 Å². The zero-order chi connectivity index (χ0) is 12.4. The third-order valence-corrected chi connectivity index (χ3v) is 3.01. The van der Waals surface area contributed by atoms with E-state index in [0.717, 1.165) is 25.3 Å². The minimum absolute atomic E-state index is 0.0253. The van der Waals surface area contributed by atoms with Crippen molar-refractivity contribution in [3.05, 3.63) is 34.1 Å². The largest absolute Gasteiger partial charge is 0.380 e. The lowest BCUT2D eigenvalue weighted by molar-refractivity contribution is -0.385. The Balaban J connectivity index is 2.17. The lowest BCUT2D eigenvalue weighted by Crippen LogP contribution is -2.35. The number of nitrogens with two attached hydrogens (primary N) is 1. The van der Waals surface area contributed by atoms with Gasteiger partial charge < -0.3 is 11.1 Å². The zero-order valence-electron chi connectivity index (χ0n) is 9.23. The summed E-state index contributed by atoms with van der Waals surface area (Å²) in [6.07, 6.45) is 2.86. The average Bonchev–Trinajstić information content (AvgIpc) is 2.63. The summed E-state index contributed by atoms with van der Waals surface area (Å²) in [5.74, 6) is -0.617. The summed E-state index contributed by atoms with van der Waals surface area (Å²) in [5.41, 5.74) is 6.04. The van der Waals surface area contributed by atoms with E-state index in [1.165, 1.54) is 12.1 Å². The van der Waals surface area contributed by atoms with Crippen molar-refractivity contribution in [3.8, 4) is 0 Å². The SMILES string of the molecule is NC1CCCC1Nc1cc(F)cc([N+](=O)[O-])c1. The fourth-order valence-electron chi connectivity index (χ4n) is 2.14. The Kier molecular flexibility index (Phi) is 3.23. The van der Waals surface area contributed by atoms with Crippen molar-refractivity contribution in [2.45, 2.75) is 31.3 Å². The first-order chi connectivity index (χ1) is 8.06. The van der Waals surface area contributed by atoms with Crippen LogP contribution in [0.5, 0.6) is 0 Å². The Labute approximate surface area is 98.0 Å². The molecule has 0 aliphatic heterocycles. The van der Waals surface area contributed by atoms with Gasteiger partial charge in [0, 0.05) is 23.8 Å². The van der Waals surface area contributed by atoms with E-state index in [1.807, 2.05) is 0 Å². The lowest BCUT2D eigenvalue weighted by Gasteiger charge is -2.18. The number of non-ortho nitro benzene ring substituents is 1. The van der Waals surface area contributed by atoms with Crippen LogP contribution in [-0.4, -0.2) is 17.0 Å². The Bertz CT molecular complexity index is 439. The van der Waals surface area contributed by atoms with Crippen LogP contribution >= 0.6 is 0 Å². The maximum absolute atomic E-state index is 13.2. The maximum atomic E-state index is 13.2. The molecule has 1 aromatic carbocycles. The van der Waals surface area contributed by atoms with Gasteiger partial charge in [-0.05, 0) is 25.3 Å². The molecule has 1 fully saturated rings. The van der Waals surface area contributed by atoms with Crippen molar-refractivity contribution in [2.24, 2.45) is 5.73 Å². The summed E-state index contributed by atoms with van der Waals surface area (Å²) < 4.78 is 13.2. The molecule has 0 saturated heterocycles. The summed E-state index contributed by atoms with van der Waals surface area (Å²) in [4.78, 5) is 9.99. The standard InChI is InChI=1S/C11H14FN3O2/c12-7-4-8(6-9(5-7)15(16)17)14-11-3-1-2-10(11)13/h4-6,10-11,14H,1-3,13H2. The van der Waals surface area contributed by atoms with E-state index in [4.69, 9.17) is 5.73 Å². The molecule has 0 radical (unpaired) electrons. The Morgan fingerprint density at radius 2 is 2.18 bits per heavy atom. The lowest BCUT2D eigenvalue weighted by atomic mass is 10.1. The predicted molar refractivity (Wildman–Crippen MR) is 62.3 cm³/mol. The van der Waals surface area contributed by atoms with E-state index in [1.54, 1.807) is 0 Å². The molecule has 3 N–H and O–H groups in total. The molecular weight excluding hydrogens is 225 g/mol. The number of nitrogens with zero attached hydrogens (tertiary/aromatic N) is 1. The van der Waals surface area contributed by atoms with E-state index in [-0.39, 0.29) is 17.8 Å². The predicted octanol–water partition coefficient (Wildman–Crippen LogP) is 2.03. The van der Waals surface area contributed by atoms with Crippen LogP contribution in [0.1, 0.15) is 19.3 Å². The average molecular weight is 239 g/mol. The first kappa shape index (κ1) is 11.8. The fraction of sp³-hybridized carbons (Fsp3) is 0.455. The number of nitro groups is 1. The molecule has 1 aliphatic rings. The van der Waals surface area contributed by atoms with Crippen LogP contribution < -0.4 is 11.1 Å². The number of anilines is 1. The van der Waals surface area contributed by atoms with E-state index >= 15 is 0 Å². The van der Waals surface area contributed by atoms with Gasteiger partial charge in [0.05, 0.1) is 11.0 Å². The molecular formula is C11H14FN3O2. The normalized spacial score (nSPS) is 23.6. The highest BCUT2D eigenvalue weighted by molar-refractivity contribution is 5.52. The monoisotopic (exact) mass is 239 g/mol. The smallest absolute Gasteiger partial charge is 0.274 e. The summed E-state index contributed by atoms with van der Waals surface area (Å²) in [5, 5.41) is 13.7. The van der Waals surface area contributed by atoms with Crippen LogP contribution in [0, 0.1) is 15.9 Å². The van der Waals surface area contributed by atoms with Gasteiger partial charge in [-0.25, -0.2) is 4.39 Å². The molecule has 2 rings (SSSR count). The van der Waals surface area contributed by atoms with Crippen molar-refractivity contribution < 1.29 is 9.31 Å². The molecule has 1 aromatic rings. The number of nitro benzene ring substituents is 1. The van der Waals surface area contributed by atoms with Gasteiger partial charge in [-0.1, -0.05) is 0 Å². The van der Waals surface area contributed by atoms with Crippen molar-refractivity contribution in [1.29, 1.82) is 0 Å². The van der Waals surface area contributed by atoms with Crippen LogP contribution in [0.25, 0.3) is 0 Å². The molecule has 5 nitrogen and oxygen atoms in total. The number of nitrogens with one attached hydrogen (secondary N) is 1. The molecule has 0 spiro atoms. The number of halogens is 1. The minimum atomic E-state index is -0.617. The topological polar surface area (TPSA) is 81.2 Å². The van der Waals surface area contributed by atoms with Crippen molar-refractivity contribution in [3.63, 3.8) is 0 Å². The summed E-state index contributed by atoms with van der Waals surface area (Å²) in [6, 6.07) is 3.57. The van der Waals surface area contributed by atoms with Crippen LogP contribution in [0.15, 0.2) is 18.2 Å². The van der Waals surface area contributed by atoms with Crippen LogP contribution in [0.2, 0.25) is 0 Å². The fourth-order valence-corrected chi connectivity index (χ4v) is 2.14. The van der Waals surface area contributed by atoms with Gasteiger partial charge in [-0.3, -0.25) is 10.1 Å². The summed E-state index contributed by atoms with van der Waals surface area (Å²) in [6.45, 7) is 0. The minimum Gasteiger partial charge on any atom is -0.380 e. The quantitative estimate of drug-likeness (QED) is 0.624. The van der Waals surface area contributed by atoms with Gasteiger partial charge in [-0.2, -0.15) is 0 Å². The first-order valence-corrected chi connectivity index (χ1v) is 5.53. The molecule has 6 heteroatoms. The molecule has 1 saturated carbocycles. The van der Waals surface area contributed by atoms with Crippen molar-refractivity contribution in [2.75, 3.05) is 5.32 Å². The first-order valence-electron chi connectivity index (χ1n) is 5.53. The van der Waals surface area contributed by atoms with Gasteiger partial charge in [-0.15, -0.1) is 0 Å². The van der Waals surface area contributed by atoms with E-state index in [2.05, 4.69) is 5.32 Å². The Hall–Kier alpha value is -1.69. The summed E-state index contributed by atoms with van der Waals surface area (Å²) >= 11 is 0. The van der Waals surface area contributed by atoms with Crippen LogP contribution in [0.4, 0.5) is 15.8 Å². The third kappa shape index (κ3) is 2.71. The molecule has 0 bridgehead atoms. The highest BCUT2D eigenvalue weighted by Gasteiger charge is 2.24. The van der Waals surface area contributed by atoms with E-state index < -0.39 is 10.7 Å². The molecule has 92 valence electrons. The molecule has 2 unspecified atom stereocenters. The van der Waals surface area contributed by atoms with Gasteiger partial charge in [0.25, 0.3) is 5.69 Å². The second kappa shape index (κ2) is 4.67. The Morgan fingerprint density at radius 1 is 1.41 bits per heavy atom. The second-order valence-electron chi connectivity index (χ2n) is 4.30. The molecule has 1 aliphatic carbocycles. The number of rotatable bonds is 3. The van der Waals surface area contributed by atoms with Gasteiger partial charge in [0.2, 0.25) is 0 Å². The van der Waals surface area contributed by atoms with Crippen LogP contribution in [-0.2, 0) is 0 Å². The van der Waals surface area contributed by atoms with Crippen LogP contribution in [0.3, 0.4) is 0 Å². The number of benzene rings is 1. The number of hydrogen-bond acceptors (Lipinski definition) is 4. The molecule has 17 heavy (non-hydrogen) atoms. The van der Waals surface area contributed by atoms with Gasteiger partial charge >= 0.3 is 0 Å². The molecule has 0 amide bonds. The molecule has 0 heterocycles. The van der Waals surface area contributed by atoms with E-state index in [0.29, 0.717) is 5.69 Å². The Morgan fingerprint density at radius 3 is 2.76 bits per heavy atom. The second-order valence-corrected chi connectivity index (χ2v) is 4.30. The van der Waals surface area contributed by atoms with Crippen molar-refractivity contribution >= 4 is 11.4 Å². The van der Waals surface area contributed by atoms with Gasteiger partial charge in [0.15, 0.2) is 0 Å². The summed E-state index contributed by atoms with van der Waals surface area (Å²) in [7, 11) is 0. The highest BCUT2D eigenvalue weighted by Crippen LogP contribution is 2.25. The zero-order valence-corrected chi connectivity index (χ0v) is 9.23. The molecule has 0 aromatic heterocycles. The van der Waals surface area contributed by atoms with E-state index in [9.17, 15) is 14.5 Å². The highest BCUT2D eigenvalue weighted by atomic mass is 19.1. The van der Waals surface area contributed by atoms with Gasteiger partial charge in [0.1, 0.15) is 5.82 Å². The maximum Gasteiger partial charge on any atom is 0.274 e. The molecule has 2 atom stereocenters. The number of hydrogen-bond donors (Lipinski definition) is 2. The third-order valence-electron chi connectivity index (χ3n) is 3.01.